The number of nitrogens with zero attached hydrogens (tertiary/aromatic N) is 4. The molecular weight excluding hydrogens is 272 g/mol. The zero-order valence-corrected chi connectivity index (χ0v) is 12.1. The molecule has 1 aromatic carbocycles. The molecule has 0 aliphatic heterocycles. The lowest BCUT2D eigenvalue weighted by Gasteiger charge is -2.07. The van der Waals surface area contributed by atoms with E-state index >= 15 is 0 Å². The number of methoxy groups -OCH3 is 1. The second-order valence-electron chi connectivity index (χ2n) is 4.16. The van der Waals surface area contributed by atoms with E-state index in [1.54, 1.807) is 39.2 Å². The molecule has 0 saturated heterocycles. The van der Waals surface area contributed by atoms with Crippen LogP contribution in [0, 0.1) is 6.92 Å². The summed E-state index contributed by atoms with van der Waals surface area (Å²) in [5, 5.41) is 11.1. The zero-order chi connectivity index (χ0) is 15.2. The predicted molar refractivity (Wildman–Crippen MR) is 76.3 cm³/mol. The summed E-state index contributed by atoms with van der Waals surface area (Å²) in [7, 11) is 1.60. The monoisotopic (exact) mass is 288 g/mol. The zero-order valence-electron chi connectivity index (χ0n) is 12.1. The molecule has 0 aliphatic carbocycles. The number of aromatic nitrogens is 4. The van der Waals surface area contributed by atoms with Gasteiger partial charge in [-0.1, -0.05) is 12.1 Å². The van der Waals surface area contributed by atoms with Gasteiger partial charge in [0, 0.05) is 0 Å². The fourth-order valence-electron chi connectivity index (χ4n) is 1.72. The molecule has 7 nitrogen and oxygen atoms in total. The Bertz CT molecular complexity index is 646. The second-order valence-corrected chi connectivity index (χ2v) is 4.16. The van der Waals surface area contributed by atoms with Crippen molar-refractivity contribution < 1.29 is 14.3 Å². The Kier molecular flexibility index (Phi) is 4.65. The van der Waals surface area contributed by atoms with Gasteiger partial charge in [0.25, 0.3) is 0 Å². The minimum Gasteiger partial charge on any atom is -0.497 e. The number of carbonyl (C=O) groups excluding carboxylic acids is 1. The first-order valence-corrected chi connectivity index (χ1v) is 6.44. The number of ether oxygens (including phenoxy) is 2. The molecule has 1 heterocycles. The number of hydrogen-bond acceptors (Lipinski definition) is 6. The Morgan fingerprint density at radius 1 is 1.33 bits per heavy atom. The standard InChI is InChI=1S/C14H16N4O3/c1-4-21-14(19)13(18-10(2)15-16-17-18)9-11-5-7-12(20-3)8-6-11/h5-9H,4H2,1-3H3/b13-9-. The van der Waals surface area contributed by atoms with Crippen LogP contribution in [0.4, 0.5) is 0 Å². The van der Waals surface area contributed by atoms with E-state index in [4.69, 9.17) is 9.47 Å². The van der Waals surface area contributed by atoms with Crippen molar-refractivity contribution in [2.45, 2.75) is 13.8 Å². The van der Waals surface area contributed by atoms with E-state index in [2.05, 4.69) is 15.5 Å². The average Bonchev–Trinajstić information content (AvgIpc) is 2.91. The number of aryl methyl sites for hydroxylation is 1. The Hall–Kier alpha value is -2.70. The maximum Gasteiger partial charge on any atom is 0.357 e. The second kappa shape index (κ2) is 6.65. The Balaban J connectivity index is 2.40. The van der Waals surface area contributed by atoms with Crippen LogP contribution in [-0.4, -0.2) is 39.9 Å². The highest BCUT2D eigenvalue weighted by molar-refractivity contribution is 6.15. The third-order valence-electron chi connectivity index (χ3n) is 2.76. The van der Waals surface area contributed by atoms with Crippen LogP contribution < -0.4 is 4.74 Å². The molecule has 2 aromatic rings. The normalized spacial score (nSPS) is 11.3. The number of rotatable bonds is 5. The lowest BCUT2D eigenvalue weighted by atomic mass is 10.2. The van der Waals surface area contributed by atoms with Crippen LogP contribution in [0.5, 0.6) is 5.75 Å². The van der Waals surface area contributed by atoms with Crippen LogP contribution >= 0.6 is 0 Å². The summed E-state index contributed by atoms with van der Waals surface area (Å²) in [5.41, 5.74) is 1.07. The summed E-state index contributed by atoms with van der Waals surface area (Å²) in [6.45, 7) is 3.73. The van der Waals surface area contributed by atoms with E-state index in [1.165, 1.54) is 4.68 Å². The van der Waals surface area contributed by atoms with Gasteiger partial charge in [-0.25, -0.2) is 4.79 Å². The van der Waals surface area contributed by atoms with Crippen molar-refractivity contribution in [3.05, 3.63) is 35.7 Å². The van der Waals surface area contributed by atoms with Crippen LogP contribution in [0.15, 0.2) is 24.3 Å². The SMILES string of the molecule is CCOC(=O)/C(=C/c1ccc(OC)cc1)n1nnnc1C. The highest BCUT2D eigenvalue weighted by Gasteiger charge is 2.17. The van der Waals surface area contributed by atoms with E-state index in [1.807, 2.05) is 12.1 Å². The first-order valence-electron chi connectivity index (χ1n) is 6.44. The van der Waals surface area contributed by atoms with Gasteiger partial charge in [0.05, 0.1) is 13.7 Å². The maximum absolute atomic E-state index is 12.1. The molecule has 0 spiro atoms. The van der Waals surface area contributed by atoms with Crippen LogP contribution in [0.25, 0.3) is 11.8 Å². The van der Waals surface area contributed by atoms with Crippen molar-refractivity contribution in [3.63, 3.8) is 0 Å². The highest BCUT2D eigenvalue weighted by atomic mass is 16.5. The Labute approximate surface area is 122 Å². The van der Waals surface area contributed by atoms with Gasteiger partial charge in [0.1, 0.15) is 5.75 Å². The van der Waals surface area contributed by atoms with E-state index in [0.717, 1.165) is 11.3 Å². The van der Waals surface area contributed by atoms with Gasteiger partial charge in [-0.2, -0.15) is 4.68 Å². The van der Waals surface area contributed by atoms with Crippen molar-refractivity contribution >= 4 is 17.7 Å². The van der Waals surface area contributed by atoms with Crippen molar-refractivity contribution in [2.24, 2.45) is 0 Å². The molecule has 0 N–H and O–H groups in total. The number of tetrazole rings is 1. The van der Waals surface area contributed by atoms with Crippen LogP contribution in [-0.2, 0) is 9.53 Å². The van der Waals surface area contributed by atoms with Gasteiger partial charge < -0.3 is 9.47 Å². The summed E-state index contributed by atoms with van der Waals surface area (Å²) in [4.78, 5) is 12.1. The summed E-state index contributed by atoms with van der Waals surface area (Å²) in [6, 6.07) is 7.28. The molecule has 21 heavy (non-hydrogen) atoms. The van der Waals surface area contributed by atoms with Crippen molar-refractivity contribution in [3.8, 4) is 5.75 Å². The lowest BCUT2D eigenvalue weighted by molar-refractivity contribution is -0.136. The summed E-state index contributed by atoms with van der Waals surface area (Å²) >= 11 is 0. The summed E-state index contributed by atoms with van der Waals surface area (Å²) < 4.78 is 11.5. The molecule has 110 valence electrons. The summed E-state index contributed by atoms with van der Waals surface area (Å²) in [6.07, 6.45) is 1.67. The molecule has 0 bridgehead atoms. The molecule has 0 atom stereocenters. The van der Waals surface area contributed by atoms with Gasteiger partial charge >= 0.3 is 5.97 Å². The van der Waals surface area contributed by atoms with E-state index in [9.17, 15) is 4.79 Å². The first-order chi connectivity index (χ1) is 10.2. The Morgan fingerprint density at radius 3 is 2.57 bits per heavy atom. The summed E-state index contributed by atoms with van der Waals surface area (Å²) in [5.74, 6) is 0.759. The topological polar surface area (TPSA) is 79.1 Å². The van der Waals surface area contributed by atoms with Gasteiger partial charge in [-0.3, -0.25) is 0 Å². The molecule has 0 unspecified atom stereocenters. The van der Waals surface area contributed by atoms with Crippen molar-refractivity contribution in [1.29, 1.82) is 0 Å². The molecule has 0 fully saturated rings. The fraction of sp³-hybridized carbons (Fsp3) is 0.286. The van der Waals surface area contributed by atoms with Crippen LogP contribution in [0.3, 0.4) is 0 Å². The van der Waals surface area contributed by atoms with Gasteiger partial charge in [-0.05, 0) is 48.0 Å². The molecule has 0 aliphatic rings. The maximum atomic E-state index is 12.1. The molecular formula is C14H16N4O3. The van der Waals surface area contributed by atoms with Crippen LogP contribution in [0.1, 0.15) is 18.3 Å². The number of carbonyl (C=O) groups is 1. The third-order valence-corrected chi connectivity index (χ3v) is 2.76. The smallest absolute Gasteiger partial charge is 0.357 e. The largest absolute Gasteiger partial charge is 0.497 e. The molecule has 0 amide bonds. The van der Waals surface area contributed by atoms with Crippen molar-refractivity contribution in [2.75, 3.05) is 13.7 Å². The van der Waals surface area contributed by atoms with Crippen molar-refractivity contribution in [1.82, 2.24) is 20.2 Å². The van der Waals surface area contributed by atoms with Gasteiger partial charge in [0.2, 0.25) is 0 Å². The fourth-order valence-corrected chi connectivity index (χ4v) is 1.72. The predicted octanol–water partition coefficient (Wildman–Crippen LogP) is 1.55. The third kappa shape index (κ3) is 3.44. The highest BCUT2D eigenvalue weighted by Crippen LogP contribution is 2.17. The number of esters is 1. The van der Waals surface area contributed by atoms with E-state index < -0.39 is 5.97 Å². The average molecular weight is 288 g/mol. The molecule has 2 rings (SSSR count). The minimum absolute atomic E-state index is 0.254. The number of hydrogen-bond donors (Lipinski definition) is 0. The van der Waals surface area contributed by atoms with Gasteiger partial charge in [-0.15, -0.1) is 5.10 Å². The molecule has 1 aromatic heterocycles. The van der Waals surface area contributed by atoms with Gasteiger partial charge in [0.15, 0.2) is 11.5 Å². The minimum atomic E-state index is -0.483. The van der Waals surface area contributed by atoms with Crippen LogP contribution in [0.2, 0.25) is 0 Å². The molecule has 7 heteroatoms. The van der Waals surface area contributed by atoms with E-state index in [-0.39, 0.29) is 12.3 Å². The Morgan fingerprint density at radius 2 is 2.05 bits per heavy atom. The number of benzene rings is 1. The quantitative estimate of drug-likeness (QED) is 0.613. The van der Waals surface area contributed by atoms with E-state index in [0.29, 0.717) is 5.82 Å². The molecule has 0 radical (unpaired) electrons. The lowest BCUT2D eigenvalue weighted by Crippen LogP contribution is -2.14. The molecule has 0 saturated carbocycles. The first kappa shape index (κ1) is 14.7.